The summed E-state index contributed by atoms with van der Waals surface area (Å²) in [6.45, 7) is 1.10. The van der Waals surface area contributed by atoms with Crippen molar-refractivity contribution >= 4 is 21.8 Å². The summed E-state index contributed by atoms with van der Waals surface area (Å²) in [7, 11) is 3.19. The third-order valence-corrected chi connectivity index (χ3v) is 5.43. The molecule has 0 saturated carbocycles. The minimum absolute atomic E-state index is 0.134. The molecular weight excluding hydrogens is 466 g/mol. The normalized spacial score (nSPS) is 16.1. The molecule has 3 heterocycles. The van der Waals surface area contributed by atoms with E-state index < -0.39 is 0 Å². The van der Waals surface area contributed by atoms with E-state index in [4.69, 9.17) is 14.2 Å². The van der Waals surface area contributed by atoms with Gasteiger partial charge in [-0.15, -0.1) is 0 Å². The van der Waals surface area contributed by atoms with Gasteiger partial charge in [-0.1, -0.05) is 0 Å². The summed E-state index contributed by atoms with van der Waals surface area (Å²) < 4.78 is 17.4. The van der Waals surface area contributed by atoms with Gasteiger partial charge in [-0.2, -0.15) is 5.10 Å². The predicted octanol–water partition coefficient (Wildman–Crippen LogP) is 3.33. The third-order valence-electron chi connectivity index (χ3n) is 5.02. The molecule has 1 amide bonds. The Morgan fingerprint density at radius 2 is 2.00 bits per heavy atom. The Bertz CT molecular complexity index is 1060. The zero-order valence-corrected chi connectivity index (χ0v) is 18.8. The Hall–Kier alpha value is -3.14. The lowest BCUT2D eigenvalue weighted by Gasteiger charge is -2.32. The summed E-state index contributed by atoms with van der Waals surface area (Å²) in [6, 6.07) is 7.47. The minimum Gasteiger partial charge on any atom is -0.497 e. The minimum atomic E-state index is -0.167. The predicted molar refractivity (Wildman–Crippen MR) is 116 cm³/mol. The van der Waals surface area contributed by atoms with Crippen molar-refractivity contribution in [1.82, 2.24) is 25.1 Å². The number of carbonyl (C=O) groups is 1. The number of halogens is 1. The second kappa shape index (κ2) is 9.34. The molecule has 1 N–H and O–H groups in total. The molecule has 0 bridgehead atoms. The molecule has 162 valence electrons. The first-order chi connectivity index (χ1) is 15.1. The summed E-state index contributed by atoms with van der Waals surface area (Å²) in [5.74, 6) is 1.19. The van der Waals surface area contributed by atoms with Crippen LogP contribution < -0.4 is 14.2 Å². The van der Waals surface area contributed by atoms with Crippen LogP contribution in [-0.2, 0) is 0 Å². The molecule has 1 fully saturated rings. The van der Waals surface area contributed by atoms with Gasteiger partial charge in [-0.05, 0) is 53.0 Å². The van der Waals surface area contributed by atoms with Gasteiger partial charge in [0.05, 0.1) is 30.9 Å². The number of amides is 1. The molecule has 0 radical (unpaired) electrons. The number of aromatic nitrogens is 4. The Morgan fingerprint density at radius 3 is 2.74 bits per heavy atom. The number of aromatic amines is 1. The van der Waals surface area contributed by atoms with E-state index in [2.05, 4.69) is 36.1 Å². The van der Waals surface area contributed by atoms with Crippen LogP contribution in [0.25, 0.3) is 11.3 Å². The fraction of sp³-hybridized carbons (Fsp3) is 0.333. The molecule has 0 aliphatic carbocycles. The van der Waals surface area contributed by atoms with Crippen molar-refractivity contribution in [3.8, 4) is 28.8 Å². The quantitative estimate of drug-likeness (QED) is 0.568. The number of ether oxygens (including phenoxy) is 3. The second-order valence-electron chi connectivity index (χ2n) is 7.05. The number of nitrogens with one attached hydrogen (secondary N) is 1. The van der Waals surface area contributed by atoms with Crippen LogP contribution in [0.5, 0.6) is 17.5 Å². The first kappa shape index (κ1) is 21.1. The zero-order valence-electron chi connectivity index (χ0n) is 17.2. The van der Waals surface area contributed by atoms with Crippen LogP contribution in [0.4, 0.5) is 0 Å². The van der Waals surface area contributed by atoms with Gasteiger partial charge in [0.15, 0.2) is 0 Å². The molecule has 4 rings (SSSR count). The Kier molecular flexibility index (Phi) is 6.36. The third kappa shape index (κ3) is 4.79. The highest BCUT2D eigenvalue weighted by molar-refractivity contribution is 9.10. The first-order valence-electron chi connectivity index (χ1n) is 9.78. The lowest BCUT2D eigenvalue weighted by Crippen LogP contribution is -2.44. The number of methoxy groups -OCH3 is 2. The highest BCUT2D eigenvalue weighted by Crippen LogP contribution is 2.32. The molecule has 1 aromatic carbocycles. The van der Waals surface area contributed by atoms with Gasteiger partial charge >= 0.3 is 6.01 Å². The SMILES string of the molecule is COc1ccc(OC)c(-c2cc(C(=O)N3CCCC(Oc4ncc(Br)cn4)C3)[nH]n2)c1. The molecular formula is C21H22BrN5O4. The largest absolute Gasteiger partial charge is 0.497 e. The van der Waals surface area contributed by atoms with E-state index in [1.165, 1.54) is 0 Å². The van der Waals surface area contributed by atoms with E-state index in [1.807, 2.05) is 12.1 Å². The molecule has 1 aliphatic heterocycles. The number of carbonyl (C=O) groups excluding carboxylic acids is 1. The molecule has 1 unspecified atom stereocenters. The van der Waals surface area contributed by atoms with E-state index >= 15 is 0 Å². The smallest absolute Gasteiger partial charge is 0.316 e. The van der Waals surface area contributed by atoms with Crippen LogP contribution >= 0.6 is 15.9 Å². The Balaban J connectivity index is 1.47. The number of hydrogen-bond acceptors (Lipinski definition) is 7. The molecule has 10 heteroatoms. The van der Waals surface area contributed by atoms with Crippen molar-refractivity contribution in [3.63, 3.8) is 0 Å². The van der Waals surface area contributed by atoms with Gasteiger partial charge in [0.1, 0.15) is 23.3 Å². The standard InChI is InChI=1S/C21H22BrN5O4/c1-29-14-5-6-19(30-2)16(8-14)17-9-18(26-25-17)20(28)27-7-3-4-15(12-27)31-21-23-10-13(22)11-24-21/h5-6,8-11,15H,3-4,7,12H2,1-2H3,(H,25,26). The van der Waals surface area contributed by atoms with Gasteiger partial charge in [0.2, 0.25) is 0 Å². The fourth-order valence-corrected chi connectivity index (χ4v) is 3.69. The summed E-state index contributed by atoms with van der Waals surface area (Å²) >= 11 is 3.30. The number of benzene rings is 1. The van der Waals surface area contributed by atoms with Gasteiger partial charge < -0.3 is 19.1 Å². The van der Waals surface area contributed by atoms with Crippen LogP contribution in [0.2, 0.25) is 0 Å². The van der Waals surface area contributed by atoms with E-state index in [-0.39, 0.29) is 12.0 Å². The van der Waals surface area contributed by atoms with Crippen LogP contribution in [0.1, 0.15) is 23.3 Å². The maximum atomic E-state index is 13.1. The van der Waals surface area contributed by atoms with Crippen molar-refractivity contribution in [2.45, 2.75) is 18.9 Å². The van der Waals surface area contributed by atoms with Crippen molar-refractivity contribution in [2.75, 3.05) is 27.3 Å². The van der Waals surface area contributed by atoms with Crippen molar-refractivity contribution < 1.29 is 19.0 Å². The molecule has 31 heavy (non-hydrogen) atoms. The highest BCUT2D eigenvalue weighted by atomic mass is 79.9. The van der Waals surface area contributed by atoms with E-state index in [0.717, 1.165) is 22.9 Å². The summed E-state index contributed by atoms with van der Waals surface area (Å²) in [6.07, 6.45) is 4.76. The monoisotopic (exact) mass is 487 g/mol. The van der Waals surface area contributed by atoms with Crippen molar-refractivity contribution in [1.29, 1.82) is 0 Å². The van der Waals surface area contributed by atoms with Crippen LogP contribution in [0.3, 0.4) is 0 Å². The summed E-state index contributed by atoms with van der Waals surface area (Å²) in [5.41, 5.74) is 1.75. The number of piperidine rings is 1. The molecule has 3 aromatic rings. The van der Waals surface area contributed by atoms with Crippen LogP contribution in [-0.4, -0.2) is 64.4 Å². The van der Waals surface area contributed by atoms with Gasteiger partial charge in [-0.3, -0.25) is 9.89 Å². The molecule has 1 aliphatic rings. The molecule has 2 aromatic heterocycles. The number of H-pyrrole nitrogens is 1. The summed E-state index contributed by atoms with van der Waals surface area (Å²) in [4.78, 5) is 23.1. The first-order valence-corrected chi connectivity index (χ1v) is 10.6. The highest BCUT2D eigenvalue weighted by Gasteiger charge is 2.27. The van der Waals surface area contributed by atoms with Gasteiger partial charge in [0.25, 0.3) is 5.91 Å². The maximum Gasteiger partial charge on any atom is 0.316 e. The number of nitrogens with zero attached hydrogens (tertiary/aromatic N) is 4. The van der Waals surface area contributed by atoms with E-state index in [1.54, 1.807) is 43.6 Å². The lowest BCUT2D eigenvalue weighted by molar-refractivity contribution is 0.0510. The molecule has 1 atom stereocenters. The number of hydrogen-bond donors (Lipinski definition) is 1. The Labute approximate surface area is 187 Å². The lowest BCUT2D eigenvalue weighted by atomic mass is 10.1. The van der Waals surface area contributed by atoms with Gasteiger partial charge in [-0.25, -0.2) is 9.97 Å². The molecule has 1 saturated heterocycles. The number of likely N-dealkylation sites (tertiary alicyclic amines) is 1. The van der Waals surface area contributed by atoms with E-state index in [9.17, 15) is 4.79 Å². The average molecular weight is 488 g/mol. The second-order valence-corrected chi connectivity index (χ2v) is 7.97. The van der Waals surface area contributed by atoms with Gasteiger partial charge in [0, 0.05) is 24.5 Å². The maximum absolute atomic E-state index is 13.1. The average Bonchev–Trinajstić information content (AvgIpc) is 3.30. The number of rotatable bonds is 6. The molecule has 9 nitrogen and oxygen atoms in total. The fourth-order valence-electron chi connectivity index (χ4n) is 3.48. The zero-order chi connectivity index (χ0) is 21.8. The van der Waals surface area contributed by atoms with Crippen molar-refractivity contribution in [3.05, 3.63) is 46.8 Å². The molecule has 0 spiro atoms. The van der Waals surface area contributed by atoms with Crippen molar-refractivity contribution in [2.24, 2.45) is 0 Å². The topological polar surface area (TPSA) is 102 Å². The van der Waals surface area contributed by atoms with Crippen LogP contribution in [0, 0.1) is 0 Å². The van der Waals surface area contributed by atoms with E-state index in [0.29, 0.717) is 42.0 Å². The summed E-state index contributed by atoms with van der Waals surface area (Å²) in [5, 5.41) is 7.17. The Morgan fingerprint density at radius 1 is 1.19 bits per heavy atom. The van der Waals surface area contributed by atoms with Crippen LogP contribution in [0.15, 0.2) is 41.1 Å².